The summed E-state index contributed by atoms with van der Waals surface area (Å²) in [6, 6.07) is 0.301. The van der Waals surface area contributed by atoms with Crippen molar-refractivity contribution in [3.63, 3.8) is 0 Å². The van der Waals surface area contributed by atoms with Gasteiger partial charge in [-0.3, -0.25) is 9.69 Å². The Bertz CT molecular complexity index is 347. The second kappa shape index (κ2) is 5.60. The summed E-state index contributed by atoms with van der Waals surface area (Å²) in [4.78, 5) is 14.0. The van der Waals surface area contributed by atoms with E-state index in [1.165, 1.54) is 5.75 Å². The molecule has 6 heteroatoms. The van der Waals surface area contributed by atoms with E-state index in [1.807, 2.05) is 11.8 Å². The van der Waals surface area contributed by atoms with Crippen LogP contribution in [0.5, 0.6) is 0 Å². The van der Waals surface area contributed by atoms with Gasteiger partial charge in [-0.15, -0.1) is 0 Å². The molecule has 3 atom stereocenters. The van der Waals surface area contributed by atoms with Crippen LogP contribution >= 0.6 is 11.8 Å². The number of carbonyl (C=O) groups is 1. The van der Waals surface area contributed by atoms with Crippen LogP contribution in [0.15, 0.2) is 0 Å². The van der Waals surface area contributed by atoms with Crippen molar-refractivity contribution in [3.8, 4) is 0 Å². The van der Waals surface area contributed by atoms with Gasteiger partial charge in [0, 0.05) is 38.0 Å². The molecule has 5 nitrogen and oxygen atoms in total. The Kier molecular flexibility index (Phi) is 4.03. The molecule has 0 bridgehead atoms. The van der Waals surface area contributed by atoms with E-state index in [1.54, 1.807) is 0 Å². The molecule has 1 amide bonds. The second-order valence-corrected chi connectivity index (χ2v) is 6.95. The fraction of sp³-hybridized carbons (Fsp3) is 0.923. The quantitative estimate of drug-likeness (QED) is 0.735. The third kappa shape index (κ3) is 2.77. The first kappa shape index (κ1) is 13.7. The Morgan fingerprint density at radius 2 is 2.42 bits per heavy atom. The first-order valence-corrected chi connectivity index (χ1v) is 8.33. The van der Waals surface area contributed by atoms with Gasteiger partial charge in [0.15, 0.2) is 0 Å². The van der Waals surface area contributed by atoms with Crippen LogP contribution in [0, 0.1) is 0 Å². The molecule has 0 aliphatic carbocycles. The molecule has 108 valence electrons. The molecule has 0 aromatic rings. The van der Waals surface area contributed by atoms with Gasteiger partial charge in [-0.1, -0.05) is 0 Å². The molecule has 1 spiro atoms. The van der Waals surface area contributed by atoms with E-state index in [2.05, 4.69) is 10.2 Å². The maximum absolute atomic E-state index is 11.6. The zero-order valence-corrected chi connectivity index (χ0v) is 12.1. The minimum absolute atomic E-state index is 0.0701. The summed E-state index contributed by atoms with van der Waals surface area (Å²) in [6.45, 7) is 3.37. The second-order valence-electron chi connectivity index (χ2n) is 5.84. The normalized spacial score (nSPS) is 40.6. The molecule has 3 N–H and O–H groups in total. The van der Waals surface area contributed by atoms with E-state index >= 15 is 0 Å². The highest BCUT2D eigenvalue weighted by Gasteiger charge is 2.44. The number of piperazine rings is 1. The zero-order chi connectivity index (χ0) is 13.3. The van der Waals surface area contributed by atoms with Crippen molar-refractivity contribution in [1.82, 2.24) is 10.2 Å². The monoisotopic (exact) mass is 285 g/mol. The number of rotatable bonds is 2. The van der Waals surface area contributed by atoms with Crippen molar-refractivity contribution in [2.45, 2.75) is 36.9 Å². The Morgan fingerprint density at radius 1 is 1.53 bits per heavy atom. The fourth-order valence-corrected chi connectivity index (χ4v) is 4.95. The van der Waals surface area contributed by atoms with Crippen LogP contribution in [0.4, 0.5) is 0 Å². The number of hydrogen-bond acceptors (Lipinski definition) is 5. The number of nitrogens with zero attached hydrogens (tertiary/aromatic N) is 1. The van der Waals surface area contributed by atoms with Gasteiger partial charge in [-0.2, -0.15) is 11.8 Å². The topological polar surface area (TPSA) is 67.6 Å². The zero-order valence-electron chi connectivity index (χ0n) is 11.3. The molecular weight excluding hydrogens is 262 g/mol. The van der Waals surface area contributed by atoms with Crippen molar-refractivity contribution in [3.05, 3.63) is 0 Å². The lowest BCUT2D eigenvalue weighted by Crippen LogP contribution is -2.62. The highest BCUT2D eigenvalue weighted by molar-refractivity contribution is 7.99. The first-order chi connectivity index (χ1) is 9.20. The van der Waals surface area contributed by atoms with Crippen LogP contribution in [-0.2, 0) is 9.53 Å². The predicted octanol–water partition coefficient (Wildman–Crippen LogP) is -0.200. The molecule has 0 aromatic heterocycles. The summed E-state index contributed by atoms with van der Waals surface area (Å²) in [6.07, 6.45) is 3.24. The lowest BCUT2D eigenvalue weighted by molar-refractivity contribution is -0.130. The predicted molar refractivity (Wildman–Crippen MR) is 76.2 cm³/mol. The van der Waals surface area contributed by atoms with Gasteiger partial charge < -0.3 is 15.8 Å². The molecule has 0 aromatic carbocycles. The molecule has 3 saturated heterocycles. The van der Waals surface area contributed by atoms with E-state index < -0.39 is 0 Å². The van der Waals surface area contributed by atoms with Gasteiger partial charge in [0.05, 0.1) is 5.60 Å². The van der Waals surface area contributed by atoms with Crippen LogP contribution in [0.2, 0.25) is 0 Å². The maximum atomic E-state index is 11.6. The average Bonchev–Trinajstić information content (AvgIpc) is 2.86. The Hall–Kier alpha value is -0.300. The van der Waals surface area contributed by atoms with Crippen LogP contribution in [0.1, 0.15) is 19.3 Å². The number of nitrogens with two attached hydrogens (primary N) is 1. The minimum atomic E-state index is -0.200. The molecule has 3 rings (SSSR count). The van der Waals surface area contributed by atoms with Crippen molar-refractivity contribution < 1.29 is 9.53 Å². The first-order valence-electron chi connectivity index (χ1n) is 7.18. The SMILES string of the molecule is NC(=O)C1CNCCN1C1CCOC2(CCSC2)C1. The molecule has 3 aliphatic heterocycles. The fourth-order valence-electron chi connectivity index (χ4n) is 3.57. The molecule has 19 heavy (non-hydrogen) atoms. The van der Waals surface area contributed by atoms with E-state index in [-0.39, 0.29) is 17.6 Å². The third-order valence-electron chi connectivity index (χ3n) is 4.62. The summed E-state index contributed by atoms with van der Waals surface area (Å²) < 4.78 is 6.06. The van der Waals surface area contributed by atoms with Crippen molar-refractivity contribution in [2.75, 3.05) is 37.7 Å². The van der Waals surface area contributed by atoms with Gasteiger partial charge in [0.25, 0.3) is 0 Å². The van der Waals surface area contributed by atoms with Crippen LogP contribution in [0.3, 0.4) is 0 Å². The number of primary amides is 1. The van der Waals surface area contributed by atoms with Crippen molar-refractivity contribution in [1.29, 1.82) is 0 Å². The largest absolute Gasteiger partial charge is 0.374 e. The average molecular weight is 285 g/mol. The summed E-state index contributed by atoms with van der Waals surface area (Å²) in [5.74, 6) is 2.11. The molecule has 0 saturated carbocycles. The number of nitrogens with one attached hydrogen (secondary N) is 1. The summed E-state index contributed by atoms with van der Waals surface area (Å²) >= 11 is 1.99. The summed E-state index contributed by atoms with van der Waals surface area (Å²) in [5.41, 5.74) is 5.62. The maximum Gasteiger partial charge on any atom is 0.236 e. The number of carbonyl (C=O) groups excluding carboxylic acids is 1. The lowest BCUT2D eigenvalue weighted by Gasteiger charge is -2.46. The molecule has 3 unspecified atom stereocenters. The number of ether oxygens (including phenoxy) is 1. The van der Waals surface area contributed by atoms with E-state index in [0.717, 1.165) is 44.7 Å². The molecule has 3 fully saturated rings. The Morgan fingerprint density at radius 3 is 3.16 bits per heavy atom. The van der Waals surface area contributed by atoms with Crippen LogP contribution < -0.4 is 11.1 Å². The third-order valence-corrected chi connectivity index (χ3v) is 5.84. The summed E-state index contributed by atoms with van der Waals surface area (Å²) in [7, 11) is 0. The van der Waals surface area contributed by atoms with E-state index in [0.29, 0.717) is 12.6 Å². The van der Waals surface area contributed by atoms with E-state index in [9.17, 15) is 4.79 Å². The van der Waals surface area contributed by atoms with Gasteiger partial charge >= 0.3 is 0 Å². The van der Waals surface area contributed by atoms with Crippen LogP contribution in [-0.4, -0.2) is 66.2 Å². The Balaban J connectivity index is 1.71. The number of amides is 1. The van der Waals surface area contributed by atoms with Gasteiger partial charge in [-0.25, -0.2) is 0 Å². The summed E-state index contributed by atoms with van der Waals surface area (Å²) in [5, 5.41) is 3.27. The van der Waals surface area contributed by atoms with Crippen molar-refractivity contribution >= 4 is 17.7 Å². The lowest BCUT2D eigenvalue weighted by atomic mass is 9.88. The Labute approximate surface area is 118 Å². The van der Waals surface area contributed by atoms with Gasteiger partial charge in [-0.05, 0) is 25.0 Å². The highest BCUT2D eigenvalue weighted by atomic mass is 32.2. The molecular formula is C13H23N3O2S. The number of thioether (sulfide) groups is 1. The van der Waals surface area contributed by atoms with Crippen LogP contribution in [0.25, 0.3) is 0 Å². The number of hydrogen-bond donors (Lipinski definition) is 2. The standard InChI is InChI=1S/C13H23N3O2S/c14-12(17)11-8-15-3-4-16(11)10-1-5-18-13(7-10)2-6-19-9-13/h10-11,15H,1-9H2,(H2,14,17). The minimum Gasteiger partial charge on any atom is -0.374 e. The molecule has 0 radical (unpaired) electrons. The van der Waals surface area contributed by atoms with E-state index in [4.69, 9.17) is 10.5 Å². The van der Waals surface area contributed by atoms with Crippen molar-refractivity contribution in [2.24, 2.45) is 5.73 Å². The van der Waals surface area contributed by atoms with Gasteiger partial charge in [0.1, 0.15) is 6.04 Å². The smallest absolute Gasteiger partial charge is 0.236 e. The molecule has 3 aliphatic rings. The molecule has 3 heterocycles. The van der Waals surface area contributed by atoms with Gasteiger partial charge in [0.2, 0.25) is 5.91 Å². The highest BCUT2D eigenvalue weighted by Crippen LogP contribution is 2.39.